The number of hydrogen-bond donors (Lipinski definition) is 1. The molecule has 1 N–H and O–H groups in total. The number of ether oxygens (including phenoxy) is 2. The first-order chi connectivity index (χ1) is 15.2. The maximum Gasteiger partial charge on any atom is 0.249 e. The van der Waals surface area contributed by atoms with E-state index < -0.39 is 6.04 Å². The van der Waals surface area contributed by atoms with E-state index in [-0.39, 0.29) is 11.8 Å². The average Bonchev–Trinajstić information content (AvgIpc) is 3.11. The highest BCUT2D eigenvalue weighted by Crippen LogP contribution is 2.35. The first-order valence-electron chi connectivity index (χ1n) is 11.1. The van der Waals surface area contributed by atoms with Gasteiger partial charge in [-0.3, -0.25) is 14.9 Å². The summed E-state index contributed by atoms with van der Waals surface area (Å²) in [5, 5.41) is 4.64. The van der Waals surface area contributed by atoms with Crippen molar-refractivity contribution in [1.82, 2.24) is 14.9 Å². The average molecular weight is 424 g/mol. The molecule has 1 unspecified atom stereocenters. The van der Waals surface area contributed by atoms with Crippen molar-refractivity contribution < 1.29 is 19.1 Å². The van der Waals surface area contributed by atoms with Crippen molar-refractivity contribution in [3.63, 3.8) is 0 Å². The first-order valence-corrected chi connectivity index (χ1v) is 11.1. The van der Waals surface area contributed by atoms with Gasteiger partial charge in [0.05, 0.1) is 18.7 Å². The molecule has 164 valence electrons. The molecule has 1 aliphatic rings. The summed E-state index contributed by atoms with van der Waals surface area (Å²) < 4.78 is 13.1. The number of nitrogens with zero attached hydrogens (tertiary/aromatic N) is 2. The Morgan fingerprint density at radius 3 is 2.74 bits per heavy atom. The second kappa shape index (κ2) is 10.0. The van der Waals surface area contributed by atoms with E-state index in [4.69, 9.17) is 9.47 Å². The van der Waals surface area contributed by atoms with Gasteiger partial charge in [0.1, 0.15) is 11.7 Å². The highest BCUT2D eigenvalue weighted by atomic mass is 16.5. The highest BCUT2D eigenvalue weighted by molar-refractivity contribution is 6.10. The summed E-state index contributed by atoms with van der Waals surface area (Å²) in [7, 11) is 0. The molecule has 0 aliphatic carbocycles. The van der Waals surface area contributed by atoms with Crippen LogP contribution in [0.15, 0.2) is 36.5 Å². The molecule has 2 aromatic heterocycles. The van der Waals surface area contributed by atoms with Crippen LogP contribution in [-0.4, -0.2) is 47.8 Å². The molecule has 3 heterocycles. The highest BCUT2D eigenvalue weighted by Gasteiger charge is 2.31. The van der Waals surface area contributed by atoms with Gasteiger partial charge in [-0.05, 0) is 49.4 Å². The van der Waals surface area contributed by atoms with Crippen LogP contribution >= 0.6 is 0 Å². The molecule has 3 aromatic rings. The SMILES string of the molecule is CCCOCCOCCCc1cccc2c1c1cccnc1n2C1CCC(=O)NC1=O. The Labute approximate surface area is 181 Å². The molecule has 0 spiro atoms. The van der Waals surface area contributed by atoms with E-state index >= 15 is 0 Å². The summed E-state index contributed by atoms with van der Waals surface area (Å²) in [6.45, 7) is 4.79. The number of carbonyl (C=O) groups is 2. The van der Waals surface area contributed by atoms with Crippen LogP contribution in [0.4, 0.5) is 0 Å². The number of carbonyl (C=O) groups excluding carboxylic acids is 2. The summed E-state index contributed by atoms with van der Waals surface area (Å²) in [4.78, 5) is 28.8. The summed E-state index contributed by atoms with van der Waals surface area (Å²) in [5.74, 6) is -0.472. The number of fused-ring (bicyclic) bond motifs is 3. The number of aryl methyl sites for hydroxylation is 1. The molecular weight excluding hydrogens is 394 g/mol. The minimum absolute atomic E-state index is 0.212. The molecule has 2 amide bonds. The van der Waals surface area contributed by atoms with Crippen LogP contribution in [0, 0.1) is 0 Å². The molecule has 4 rings (SSSR count). The van der Waals surface area contributed by atoms with Crippen molar-refractivity contribution in [2.24, 2.45) is 0 Å². The predicted octanol–water partition coefficient (Wildman–Crippen LogP) is 3.54. The van der Waals surface area contributed by atoms with Gasteiger partial charge in [0.2, 0.25) is 11.8 Å². The van der Waals surface area contributed by atoms with Gasteiger partial charge in [-0.1, -0.05) is 19.1 Å². The fourth-order valence-corrected chi connectivity index (χ4v) is 4.28. The fraction of sp³-hybridized carbons (Fsp3) is 0.458. The first kappa shape index (κ1) is 21.5. The third kappa shape index (κ3) is 4.62. The molecule has 1 aliphatic heterocycles. The quantitative estimate of drug-likeness (QED) is 0.398. The number of benzene rings is 1. The Hall–Kier alpha value is -2.77. The van der Waals surface area contributed by atoms with Crippen LogP contribution in [0.25, 0.3) is 21.9 Å². The van der Waals surface area contributed by atoms with Gasteiger partial charge < -0.3 is 14.0 Å². The van der Waals surface area contributed by atoms with Crippen molar-refractivity contribution in [3.8, 4) is 0 Å². The van der Waals surface area contributed by atoms with E-state index in [0.717, 1.165) is 47.8 Å². The van der Waals surface area contributed by atoms with Crippen LogP contribution in [0.2, 0.25) is 0 Å². The standard InChI is InChI=1S/C24H29N3O4/c1-2-13-30-15-16-31-14-5-7-17-6-3-9-19-22(17)18-8-4-12-25-23(18)27(19)20-10-11-21(28)26-24(20)29/h3-4,6,8-9,12,20H,2,5,7,10-11,13-16H2,1H3,(H,26,28,29). The van der Waals surface area contributed by atoms with E-state index in [1.54, 1.807) is 6.20 Å². The second-order valence-electron chi connectivity index (χ2n) is 7.85. The third-order valence-electron chi connectivity index (χ3n) is 5.65. The van der Waals surface area contributed by atoms with Crippen molar-refractivity contribution in [2.75, 3.05) is 26.4 Å². The molecule has 1 saturated heterocycles. The van der Waals surface area contributed by atoms with Gasteiger partial charge in [-0.15, -0.1) is 0 Å². The van der Waals surface area contributed by atoms with Gasteiger partial charge in [0.15, 0.2) is 0 Å². The Balaban J connectivity index is 1.56. The topological polar surface area (TPSA) is 82.4 Å². The minimum atomic E-state index is -0.436. The largest absolute Gasteiger partial charge is 0.379 e. The van der Waals surface area contributed by atoms with Crippen molar-refractivity contribution in [2.45, 2.75) is 45.1 Å². The van der Waals surface area contributed by atoms with Crippen LogP contribution in [0.1, 0.15) is 44.2 Å². The zero-order chi connectivity index (χ0) is 21.6. The van der Waals surface area contributed by atoms with E-state index in [2.05, 4.69) is 29.4 Å². The Morgan fingerprint density at radius 2 is 1.94 bits per heavy atom. The van der Waals surface area contributed by atoms with Gasteiger partial charge in [0.25, 0.3) is 0 Å². The zero-order valence-corrected chi connectivity index (χ0v) is 17.9. The molecule has 0 radical (unpaired) electrons. The molecule has 7 nitrogen and oxygen atoms in total. The van der Waals surface area contributed by atoms with E-state index in [9.17, 15) is 9.59 Å². The molecule has 31 heavy (non-hydrogen) atoms. The fourth-order valence-electron chi connectivity index (χ4n) is 4.28. The molecule has 1 atom stereocenters. The maximum absolute atomic E-state index is 12.6. The Kier molecular flexibility index (Phi) is 6.94. The lowest BCUT2D eigenvalue weighted by Crippen LogP contribution is -2.41. The molecule has 0 bridgehead atoms. The zero-order valence-electron chi connectivity index (χ0n) is 17.9. The van der Waals surface area contributed by atoms with Crippen molar-refractivity contribution >= 4 is 33.8 Å². The van der Waals surface area contributed by atoms with Crippen LogP contribution < -0.4 is 5.32 Å². The monoisotopic (exact) mass is 423 g/mol. The van der Waals surface area contributed by atoms with Crippen LogP contribution in [-0.2, 0) is 25.5 Å². The number of piperidine rings is 1. The van der Waals surface area contributed by atoms with Crippen molar-refractivity contribution in [1.29, 1.82) is 0 Å². The number of nitrogens with one attached hydrogen (secondary N) is 1. The van der Waals surface area contributed by atoms with Crippen LogP contribution in [0.5, 0.6) is 0 Å². The number of imide groups is 1. The van der Waals surface area contributed by atoms with E-state index in [1.807, 2.05) is 22.8 Å². The molecule has 1 aromatic carbocycles. The van der Waals surface area contributed by atoms with Crippen molar-refractivity contribution in [3.05, 3.63) is 42.1 Å². The minimum Gasteiger partial charge on any atom is -0.379 e. The van der Waals surface area contributed by atoms with Gasteiger partial charge in [-0.25, -0.2) is 4.98 Å². The van der Waals surface area contributed by atoms with Crippen LogP contribution in [0.3, 0.4) is 0 Å². The number of hydrogen-bond acceptors (Lipinski definition) is 5. The number of aromatic nitrogens is 2. The molecule has 7 heteroatoms. The predicted molar refractivity (Wildman–Crippen MR) is 119 cm³/mol. The van der Waals surface area contributed by atoms with E-state index in [0.29, 0.717) is 32.7 Å². The maximum atomic E-state index is 12.6. The third-order valence-corrected chi connectivity index (χ3v) is 5.65. The summed E-state index contributed by atoms with van der Waals surface area (Å²) in [6, 6.07) is 9.73. The smallest absolute Gasteiger partial charge is 0.249 e. The van der Waals surface area contributed by atoms with Gasteiger partial charge >= 0.3 is 0 Å². The summed E-state index contributed by atoms with van der Waals surface area (Å²) in [6.07, 6.45) is 5.36. The summed E-state index contributed by atoms with van der Waals surface area (Å²) in [5.41, 5.74) is 2.98. The summed E-state index contributed by atoms with van der Waals surface area (Å²) >= 11 is 0. The lowest BCUT2D eigenvalue weighted by molar-refractivity contribution is -0.135. The van der Waals surface area contributed by atoms with E-state index in [1.165, 1.54) is 5.56 Å². The normalized spacial score (nSPS) is 16.9. The number of amides is 2. The van der Waals surface area contributed by atoms with Gasteiger partial charge in [0, 0.05) is 36.6 Å². The molecule has 0 saturated carbocycles. The molecular formula is C24H29N3O4. The number of pyridine rings is 1. The Morgan fingerprint density at radius 1 is 1.10 bits per heavy atom. The lowest BCUT2D eigenvalue weighted by Gasteiger charge is -2.23. The Bertz CT molecular complexity index is 1080. The molecule has 1 fully saturated rings. The number of rotatable bonds is 10. The van der Waals surface area contributed by atoms with Gasteiger partial charge in [-0.2, -0.15) is 0 Å². The lowest BCUT2D eigenvalue weighted by atomic mass is 10.0. The second-order valence-corrected chi connectivity index (χ2v) is 7.85.